The van der Waals surface area contributed by atoms with Crippen LogP contribution in [0.5, 0.6) is 0 Å². The zero-order valence-electron chi connectivity index (χ0n) is 14.0. The maximum Gasteiger partial charge on any atom is 0.500 e. The van der Waals surface area contributed by atoms with Crippen molar-refractivity contribution < 1.29 is 13.3 Å². The minimum atomic E-state index is -2.53. The van der Waals surface area contributed by atoms with Gasteiger partial charge in [0.15, 0.2) is 0 Å². The SMILES string of the molecule is CCO[Si](CCCn1cc(C(C)C)nn1)(OCC)OCC. The van der Waals surface area contributed by atoms with Gasteiger partial charge in [-0.2, -0.15) is 0 Å². The van der Waals surface area contributed by atoms with Crippen molar-refractivity contribution in [1.29, 1.82) is 0 Å². The smallest absolute Gasteiger partial charge is 0.374 e. The topological polar surface area (TPSA) is 58.4 Å². The summed E-state index contributed by atoms with van der Waals surface area (Å²) in [5, 5.41) is 8.32. The van der Waals surface area contributed by atoms with Crippen LogP contribution in [0.4, 0.5) is 0 Å². The van der Waals surface area contributed by atoms with Crippen LogP contribution in [0.1, 0.15) is 52.7 Å². The van der Waals surface area contributed by atoms with Crippen molar-refractivity contribution >= 4 is 8.80 Å². The van der Waals surface area contributed by atoms with Crippen LogP contribution < -0.4 is 0 Å². The van der Waals surface area contributed by atoms with Gasteiger partial charge in [0.2, 0.25) is 0 Å². The van der Waals surface area contributed by atoms with Crippen LogP contribution >= 0.6 is 0 Å². The third kappa shape index (κ3) is 5.86. The van der Waals surface area contributed by atoms with Crippen molar-refractivity contribution in [3.8, 4) is 0 Å². The van der Waals surface area contributed by atoms with Gasteiger partial charge in [0.1, 0.15) is 0 Å². The van der Waals surface area contributed by atoms with E-state index in [4.69, 9.17) is 13.3 Å². The maximum atomic E-state index is 5.84. The second kappa shape index (κ2) is 9.29. The molecule has 1 aromatic heterocycles. The molecule has 0 spiro atoms. The highest BCUT2D eigenvalue weighted by Crippen LogP contribution is 2.19. The lowest BCUT2D eigenvalue weighted by Crippen LogP contribution is -2.46. The number of aromatic nitrogens is 3. The van der Waals surface area contributed by atoms with Crippen molar-refractivity contribution in [2.24, 2.45) is 0 Å². The van der Waals surface area contributed by atoms with E-state index in [0.717, 1.165) is 24.7 Å². The molecule has 0 amide bonds. The van der Waals surface area contributed by atoms with Crippen LogP contribution in [0.25, 0.3) is 0 Å². The fraction of sp³-hybridized carbons (Fsp3) is 0.857. The van der Waals surface area contributed by atoms with Crippen LogP contribution in [-0.4, -0.2) is 43.6 Å². The highest BCUT2D eigenvalue weighted by atomic mass is 28.4. The Morgan fingerprint density at radius 2 is 1.67 bits per heavy atom. The lowest BCUT2D eigenvalue weighted by Gasteiger charge is -2.28. The van der Waals surface area contributed by atoms with E-state index in [-0.39, 0.29) is 0 Å². The highest BCUT2D eigenvalue weighted by molar-refractivity contribution is 6.60. The summed E-state index contributed by atoms with van der Waals surface area (Å²) < 4.78 is 19.4. The van der Waals surface area contributed by atoms with Gasteiger partial charge in [-0.3, -0.25) is 4.68 Å². The van der Waals surface area contributed by atoms with Crippen molar-refractivity contribution in [3.63, 3.8) is 0 Å². The Hall–Kier alpha value is -0.763. The molecule has 7 heteroatoms. The number of nitrogens with zero attached hydrogens (tertiary/aromatic N) is 3. The van der Waals surface area contributed by atoms with Crippen molar-refractivity contribution in [2.45, 2.75) is 59.5 Å². The third-order valence-corrected chi connectivity index (χ3v) is 6.26. The van der Waals surface area contributed by atoms with Gasteiger partial charge in [-0.15, -0.1) is 5.10 Å². The predicted molar refractivity (Wildman–Crippen MR) is 84.2 cm³/mol. The van der Waals surface area contributed by atoms with Gasteiger partial charge >= 0.3 is 8.80 Å². The molecule has 0 aliphatic rings. The fourth-order valence-corrected chi connectivity index (χ4v) is 4.74. The molecule has 0 aromatic carbocycles. The van der Waals surface area contributed by atoms with Crippen molar-refractivity contribution in [3.05, 3.63) is 11.9 Å². The molecule has 0 atom stereocenters. The molecule has 0 unspecified atom stereocenters. The second-order valence-electron chi connectivity index (χ2n) is 5.15. The summed E-state index contributed by atoms with van der Waals surface area (Å²) in [6, 6.07) is 0.805. The lowest BCUT2D eigenvalue weighted by molar-refractivity contribution is 0.0704. The van der Waals surface area contributed by atoms with Gasteiger partial charge in [0.25, 0.3) is 0 Å². The standard InChI is InChI=1S/C14H29N3O3Si/c1-6-18-21(19-7-2,20-8-3)11-9-10-17-12-14(13(4)5)15-16-17/h12-13H,6-11H2,1-5H3. The normalized spacial score (nSPS) is 12.3. The Bertz CT molecular complexity index is 382. The van der Waals surface area contributed by atoms with Crippen LogP contribution in [-0.2, 0) is 19.8 Å². The minimum Gasteiger partial charge on any atom is -0.374 e. The summed E-state index contributed by atoms with van der Waals surface area (Å²) in [6.07, 6.45) is 2.92. The van der Waals surface area contributed by atoms with E-state index in [9.17, 15) is 0 Å². The molecular formula is C14H29N3O3Si. The predicted octanol–water partition coefficient (Wildman–Crippen LogP) is 2.84. The molecule has 0 bridgehead atoms. The average Bonchev–Trinajstić information content (AvgIpc) is 2.89. The van der Waals surface area contributed by atoms with E-state index in [1.165, 1.54) is 0 Å². The molecule has 0 saturated heterocycles. The summed E-state index contributed by atoms with van der Waals surface area (Å²) in [6.45, 7) is 12.8. The van der Waals surface area contributed by atoms with Gasteiger partial charge in [0, 0.05) is 38.6 Å². The first-order valence-electron chi connectivity index (χ1n) is 7.88. The Balaban J connectivity index is 2.54. The Kier molecular flexibility index (Phi) is 8.09. The molecule has 6 nitrogen and oxygen atoms in total. The first kappa shape index (κ1) is 18.3. The summed E-state index contributed by atoms with van der Waals surface area (Å²) in [5.41, 5.74) is 1.03. The molecule has 0 aliphatic heterocycles. The van der Waals surface area contributed by atoms with Gasteiger partial charge in [0.05, 0.1) is 5.69 Å². The Labute approximate surface area is 129 Å². The molecule has 0 radical (unpaired) electrons. The van der Waals surface area contributed by atoms with E-state index in [1.54, 1.807) is 0 Å². The van der Waals surface area contributed by atoms with E-state index >= 15 is 0 Å². The number of aryl methyl sites for hydroxylation is 1. The minimum absolute atomic E-state index is 0.405. The van der Waals surface area contributed by atoms with Crippen molar-refractivity contribution in [2.75, 3.05) is 19.8 Å². The van der Waals surface area contributed by atoms with Crippen LogP contribution in [0.15, 0.2) is 6.20 Å². The van der Waals surface area contributed by atoms with Gasteiger partial charge < -0.3 is 13.3 Å². The third-order valence-electron chi connectivity index (χ3n) is 3.11. The lowest BCUT2D eigenvalue weighted by atomic mass is 10.2. The Morgan fingerprint density at radius 1 is 1.10 bits per heavy atom. The Morgan fingerprint density at radius 3 is 2.10 bits per heavy atom. The summed E-state index contributed by atoms with van der Waals surface area (Å²) in [4.78, 5) is 0. The summed E-state index contributed by atoms with van der Waals surface area (Å²) in [7, 11) is -2.53. The molecule has 1 rings (SSSR count). The monoisotopic (exact) mass is 315 g/mol. The molecule has 122 valence electrons. The quantitative estimate of drug-likeness (QED) is 0.588. The first-order valence-corrected chi connectivity index (χ1v) is 9.82. The van der Waals surface area contributed by atoms with Gasteiger partial charge in [-0.1, -0.05) is 19.1 Å². The summed E-state index contributed by atoms with van der Waals surface area (Å²) in [5.74, 6) is 0.405. The summed E-state index contributed by atoms with van der Waals surface area (Å²) >= 11 is 0. The number of hydrogen-bond acceptors (Lipinski definition) is 5. The first-order chi connectivity index (χ1) is 10.1. The average molecular weight is 315 g/mol. The number of hydrogen-bond donors (Lipinski definition) is 0. The largest absolute Gasteiger partial charge is 0.500 e. The molecule has 0 saturated carbocycles. The van der Waals surface area contributed by atoms with E-state index < -0.39 is 8.80 Å². The van der Waals surface area contributed by atoms with E-state index in [2.05, 4.69) is 24.2 Å². The molecule has 1 heterocycles. The fourth-order valence-electron chi connectivity index (χ4n) is 2.15. The van der Waals surface area contributed by atoms with Gasteiger partial charge in [-0.25, -0.2) is 0 Å². The molecule has 0 N–H and O–H groups in total. The zero-order valence-corrected chi connectivity index (χ0v) is 15.0. The van der Waals surface area contributed by atoms with Gasteiger partial charge in [-0.05, 0) is 33.1 Å². The van der Waals surface area contributed by atoms with Crippen LogP contribution in [0.3, 0.4) is 0 Å². The zero-order chi connectivity index (χ0) is 15.7. The van der Waals surface area contributed by atoms with Crippen LogP contribution in [0.2, 0.25) is 6.04 Å². The molecule has 1 aromatic rings. The molecule has 0 aliphatic carbocycles. The maximum absolute atomic E-state index is 5.84. The molecule has 0 fully saturated rings. The van der Waals surface area contributed by atoms with E-state index in [0.29, 0.717) is 25.7 Å². The van der Waals surface area contributed by atoms with Crippen LogP contribution in [0, 0.1) is 0 Å². The highest BCUT2D eigenvalue weighted by Gasteiger charge is 2.39. The number of rotatable bonds is 11. The van der Waals surface area contributed by atoms with E-state index in [1.807, 2.05) is 31.6 Å². The van der Waals surface area contributed by atoms with Crippen molar-refractivity contribution in [1.82, 2.24) is 15.0 Å². The molecular weight excluding hydrogens is 286 g/mol. The molecule has 21 heavy (non-hydrogen) atoms. The second-order valence-corrected chi connectivity index (χ2v) is 7.88.